The van der Waals surface area contributed by atoms with Gasteiger partial charge in [0.1, 0.15) is 0 Å². The van der Waals surface area contributed by atoms with Gasteiger partial charge in [-0.15, -0.1) is 6.42 Å². The lowest BCUT2D eigenvalue weighted by atomic mass is 10.1. The van der Waals surface area contributed by atoms with Gasteiger partial charge in [-0.1, -0.05) is 5.92 Å². The van der Waals surface area contributed by atoms with Crippen molar-refractivity contribution in [3.63, 3.8) is 0 Å². The van der Waals surface area contributed by atoms with E-state index in [-0.39, 0.29) is 6.17 Å². The highest BCUT2D eigenvalue weighted by Gasteiger charge is 2.15. The molecule has 0 radical (unpaired) electrons. The Hall–Kier alpha value is -1.62. The van der Waals surface area contributed by atoms with Gasteiger partial charge >= 0.3 is 0 Å². The average molecular weight is 142 g/mol. The number of allylic oxidation sites excluding steroid dienone is 2. The molecule has 0 bridgehead atoms. The number of dihydropyridines is 1. The second-order valence-electron chi connectivity index (χ2n) is 2.36. The van der Waals surface area contributed by atoms with Crippen molar-refractivity contribution in [2.75, 3.05) is 0 Å². The molecule has 0 unspecified atom stereocenters. The number of rotatable bonds is 0. The molecule has 1 atom stereocenters. The smallest absolute Gasteiger partial charge is 0.165 e. The average Bonchev–Trinajstić information content (AvgIpc) is 2.50. The van der Waals surface area contributed by atoms with Gasteiger partial charge < -0.3 is 0 Å². The van der Waals surface area contributed by atoms with Gasteiger partial charge in [0.2, 0.25) is 0 Å². The Kier molecular flexibility index (Phi) is 1.23. The molecular formula is C9H6N2. The van der Waals surface area contributed by atoms with Crippen LogP contribution in [0.2, 0.25) is 0 Å². The zero-order chi connectivity index (χ0) is 7.68. The molecule has 0 spiro atoms. The first kappa shape index (κ1) is 6.11. The lowest BCUT2D eigenvalue weighted by molar-refractivity contribution is 0.861. The molecule has 0 aromatic rings. The first-order chi connectivity index (χ1) is 5.40. The molecule has 0 aromatic carbocycles. The van der Waals surface area contributed by atoms with Crippen molar-refractivity contribution >= 4 is 12.4 Å². The third kappa shape index (κ3) is 0.908. The van der Waals surface area contributed by atoms with Crippen LogP contribution in [0.15, 0.2) is 33.3 Å². The predicted molar refractivity (Wildman–Crippen MR) is 45.8 cm³/mol. The van der Waals surface area contributed by atoms with Crippen LogP contribution in [-0.2, 0) is 0 Å². The molecule has 2 heteroatoms. The van der Waals surface area contributed by atoms with Gasteiger partial charge in [-0.05, 0) is 12.2 Å². The Morgan fingerprint density at radius 1 is 1.45 bits per heavy atom. The zero-order valence-electron chi connectivity index (χ0n) is 5.86. The Morgan fingerprint density at radius 3 is 3.18 bits per heavy atom. The van der Waals surface area contributed by atoms with Crippen LogP contribution in [0.25, 0.3) is 0 Å². The lowest BCUT2D eigenvalue weighted by Gasteiger charge is -2.08. The number of hydrogen-bond acceptors (Lipinski definition) is 2. The Bertz CT molecular complexity index is 337. The molecule has 2 aliphatic heterocycles. The van der Waals surface area contributed by atoms with Crippen molar-refractivity contribution in [2.45, 2.75) is 6.17 Å². The van der Waals surface area contributed by atoms with E-state index in [1.807, 2.05) is 12.2 Å². The summed E-state index contributed by atoms with van der Waals surface area (Å²) in [5.74, 6) is 2.53. The number of terminal acetylenes is 1. The molecule has 0 N–H and O–H groups in total. The van der Waals surface area contributed by atoms with Crippen LogP contribution in [0, 0.1) is 12.3 Å². The van der Waals surface area contributed by atoms with Crippen LogP contribution < -0.4 is 0 Å². The summed E-state index contributed by atoms with van der Waals surface area (Å²) in [6.45, 7) is 0. The largest absolute Gasteiger partial charge is 0.262 e. The summed E-state index contributed by atoms with van der Waals surface area (Å²) in [6, 6.07) is 0. The zero-order valence-corrected chi connectivity index (χ0v) is 5.86. The highest BCUT2D eigenvalue weighted by molar-refractivity contribution is 5.89. The lowest BCUT2D eigenvalue weighted by Crippen LogP contribution is -2.05. The standard InChI is InChI=1S/C9H6N2/c1-2-7-5-8-3-4-10-9(8)11-6-7/h1,3-6,9H/t9-/m1/s1. The predicted octanol–water partition coefficient (Wildman–Crippen LogP) is 0.967. The van der Waals surface area contributed by atoms with E-state index in [4.69, 9.17) is 6.42 Å². The SMILES string of the molecule is C#CC1=CC2=CC=N[C@@H]2N=C1. The van der Waals surface area contributed by atoms with Crippen LogP contribution in [0.4, 0.5) is 0 Å². The van der Waals surface area contributed by atoms with Gasteiger partial charge in [-0.25, -0.2) is 0 Å². The molecule has 0 aliphatic carbocycles. The first-order valence-electron chi connectivity index (χ1n) is 3.35. The van der Waals surface area contributed by atoms with E-state index in [1.54, 1.807) is 12.4 Å². The Morgan fingerprint density at radius 2 is 2.36 bits per heavy atom. The number of hydrogen-bond donors (Lipinski definition) is 0. The monoisotopic (exact) mass is 142 g/mol. The minimum absolute atomic E-state index is 0.0212. The highest BCUT2D eigenvalue weighted by atomic mass is 15.0. The van der Waals surface area contributed by atoms with E-state index in [2.05, 4.69) is 15.9 Å². The summed E-state index contributed by atoms with van der Waals surface area (Å²) in [5, 5.41) is 0. The molecule has 2 nitrogen and oxygen atoms in total. The number of nitrogens with zero attached hydrogens (tertiary/aromatic N) is 2. The summed E-state index contributed by atoms with van der Waals surface area (Å²) in [5.41, 5.74) is 1.90. The quantitative estimate of drug-likeness (QED) is 0.450. The molecule has 52 valence electrons. The van der Waals surface area contributed by atoms with E-state index in [0.717, 1.165) is 11.1 Å². The van der Waals surface area contributed by atoms with Crippen molar-refractivity contribution in [1.82, 2.24) is 0 Å². The highest BCUT2D eigenvalue weighted by Crippen LogP contribution is 2.18. The Labute approximate surface area is 65.1 Å². The third-order valence-electron chi connectivity index (χ3n) is 1.64. The first-order valence-corrected chi connectivity index (χ1v) is 3.35. The van der Waals surface area contributed by atoms with Gasteiger partial charge in [0, 0.05) is 23.6 Å². The van der Waals surface area contributed by atoms with E-state index in [0.29, 0.717) is 0 Å². The molecule has 0 amide bonds. The summed E-state index contributed by atoms with van der Waals surface area (Å²) < 4.78 is 0. The van der Waals surface area contributed by atoms with E-state index < -0.39 is 0 Å². The number of aliphatic imine (C=N–C) groups is 2. The maximum atomic E-state index is 5.21. The number of fused-ring (bicyclic) bond motifs is 1. The van der Waals surface area contributed by atoms with Crippen molar-refractivity contribution < 1.29 is 0 Å². The summed E-state index contributed by atoms with van der Waals surface area (Å²) in [6.07, 6.45) is 12.5. The molecule has 0 saturated carbocycles. The van der Waals surface area contributed by atoms with E-state index in [9.17, 15) is 0 Å². The fourth-order valence-electron chi connectivity index (χ4n) is 1.08. The minimum Gasteiger partial charge on any atom is -0.262 e. The van der Waals surface area contributed by atoms with E-state index in [1.165, 1.54) is 0 Å². The second kappa shape index (κ2) is 2.21. The van der Waals surface area contributed by atoms with Crippen molar-refractivity contribution in [3.05, 3.63) is 23.3 Å². The topological polar surface area (TPSA) is 24.7 Å². The van der Waals surface area contributed by atoms with Crippen molar-refractivity contribution in [3.8, 4) is 12.3 Å². The molecule has 11 heavy (non-hydrogen) atoms. The molecule has 0 aromatic heterocycles. The van der Waals surface area contributed by atoms with Gasteiger partial charge in [0.15, 0.2) is 6.17 Å². The van der Waals surface area contributed by atoms with Gasteiger partial charge in [-0.3, -0.25) is 9.98 Å². The molecule has 0 saturated heterocycles. The second-order valence-corrected chi connectivity index (χ2v) is 2.36. The summed E-state index contributed by atoms with van der Waals surface area (Å²) in [7, 11) is 0. The Balaban J connectivity index is 2.39. The van der Waals surface area contributed by atoms with E-state index >= 15 is 0 Å². The molecule has 0 fully saturated rings. The van der Waals surface area contributed by atoms with Crippen LogP contribution in [0.5, 0.6) is 0 Å². The van der Waals surface area contributed by atoms with Gasteiger partial charge in [0.25, 0.3) is 0 Å². The molecule has 2 heterocycles. The van der Waals surface area contributed by atoms with Crippen LogP contribution in [0.1, 0.15) is 0 Å². The van der Waals surface area contributed by atoms with Crippen LogP contribution in [-0.4, -0.2) is 18.6 Å². The van der Waals surface area contributed by atoms with Crippen molar-refractivity contribution in [2.24, 2.45) is 9.98 Å². The maximum absolute atomic E-state index is 5.21. The normalized spacial score (nSPS) is 25.5. The fourth-order valence-corrected chi connectivity index (χ4v) is 1.08. The van der Waals surface area contributed by atoms with Gasteiger partial charge in [0.05, 0.1) is 0 Å². The maximum Gasteiger partial charge on any atom is 0.165 e. The third-order valence-corrected chi connectivity index (χ3v) is 1.64. The van der Waals surface area contributed by atoms with Gasteiger partial charge in [-0.2, -0.15) is 0 Å². The van der Waals surface area contributed by atoms with Crippen LogP contribution >= 0.6 is 0 Å². The summed E-state index contributed by atoms with van der Waals surface area (Å²) in [4.78, 5) is 8.24. The fraction of sp³-hybridized carbons (Fsp3) is 0.111. The van der Waals surface area contributed by atoms with Crippen LogP contribution in [0.3, 0.4) is 0 Å². The molecule has 2 rings (SSSR count). The molecule has 2 aliphatic rings. The summed E-state index contributed by atoms with van der Waals surface area (Å²) >= 11 is 0. The minimum atomic E-state index is -0.0212. The van der Waals surface area contributed by atoms with Crippen molar-refractivity contribution in [1.29, 1.82) is 0 Å². The molecular weight excluding hydrogens is 136 g/mol.